The van der Waals surface area contributed by atoms with E-state index in [4.69, 9.17) is 56.4 Å². The first-order chi connectivity index (χ1) is 26.7. The van der Waals surface area contributed by atoms with Crippen LogP contribution in [-0.2, 0) is 0 Å². The third-order valence-corrected chi connectivity index (χ3v) is 22.0. The summed E-state index contributed by atoms with van der Waals surface area (Å²) in [5, 5.41) is 0. The van der Waals surface area contributed by atoms with Crippen molar-refractivity contribution in [3.05, 3.63) is 107 Å². The Hall–Kier alpha value is 0.400. The van der Waals surface area contributed by atoms with Crippen molar-refractivity contribution in [2.75, 3.05) is 0 Å². The van der Waals surface area contributed by atoms with Crippen molar-refractivity contribution in [3.63, 3.8) is 0 Å². The molecule has 0 amide bonds. The molecule has 4 nitrogen and oxygen atoms in total. The molecule has 282 valence electrons. The van der Waals surface area contributed by atoms with Crippen LogP contribution in [0.3, 0.4) is 0 Å². The third-order valence-electron chi connectivity index (χ3n) is 8.65. The molecule has 7 aromatic rings. The van der Waals surface area contributed by atoms with E-state index in [1.165, 1.54) is 45.3 Å². The van der Waals surface area contributed by atoms with Gasteiger partial charge in [-0.2, -0.15) is 0 Å². The van der Waals surface area contributed by atoms with Crippen LogP contribution in [0.1, 0.15) is 22.8 Å². The third kappa shape index (κ3) is 7.04. The fraction of sp³-hybridized carbons (Fsp3) is 0. The molecule has 0 atom stereocenters. The summed E-state index contributed by atoms with van der Waals surface area (Å²) in [6.07, 6.45) is 0. The second-order valence-electron chi connectivity index (χ2n) is 11.8. The highest BCUT2D eigenvalue weighted by Gasteiger charge is 2.32. The maximum Gasteiger partial charge on any atom is 0.0934 e. The fourth-order valence-corrected chi connectivity index (χ4v) is 14.6. The van der Waals surface area contributed by atoms with Gasteiger partial charge in [-0.3, -0.25) is 0 Å². The van der Waals surface area contributed by atoms with Crippen LogP contribution >= 0.6 is 219 Å². The Morgan fingerprint density at radius 1 is 0.357 bits per heavy atom. The molecule has 0 saturated carbocycles. The van der Waals surface area contributed by atoms with E-state index < -0.39 is 0 Å². The molecule has 0 unspecified atom stereocenters. The van der Waals surface area contributed by atoms with Crippen molar-refractivity contribution in [2.45, 2.75) is 0 Å². The van der Waals surface area contributed by atoms with Gasteiger partial charge < -0.3 is 9.97 Å². The number of hydrogen-bond donors (Lipinski definition) is 2. The Labute approximate surface area is 421 Å². The minimum atomic E-state index is 0.638. The number of nitrogens with one attached hydrogen (secondary N) is 2. The molecule has 2 N–H and O–H groups in total. The zero-order chi connectivity index (χ0) is 39.5. The number of nitrogens with zero attached hydrogens (tertiary/aromatic N) is 2. The molecular weight excluding hydrogens is 1400 g/mol. The molecule has 9 heterocycles. The number of thiophene rings is 4. The highest BCUT2D eigenvalue weighted by Crippen LogP contribution is 2.55. The lowest BCUT2D eigenvalue weighted by molar-refractivity contribution is 1.31. The van der Waals surface area contributed by atoms with Gasteiger partial charge in [0.1, 0.15) is 0 Å². The number of halogens is 12. The van der Waals surface area contributed by atoms with Crippen molar-refractivity contribution in [1.29, 1.82) is 0 Å². The molecule has 2 aliphatic rings. The summed E-state index contributed by atoms with van der Waals surface area (Å²) in [7, 11) is 0. The maximum atomic E-state index is 6.64. The lowest BCUT2D eigenvalue weighted by Gasteiger charge is -2.05. The molecule has 56 heavy (non-hydrogen) atoms. The fourth-order valence-electron chi connectivity index (χ4n) is 6.32. The Bertz CT molecular complexity index is 2700. The number of H-pyrrole nitrogens is 2. The first kappa shape index (κ1) is 41.7. The quantitative estimate of drug-likeness (QED) is 0.185. The predicted octanol–water partition coefficient (Wildman–Crippen LogP) is 20.1. The van der Waals surface area contributed by atoms with Gasteiger partial charge >= 0.3 is 0 Å². The summed E-state index contributed by atoms with van der Waals surface area (Å²) in [5.74, 6) is 0. The lowest BCUT2D eigenvalue weighted by Crippen LogP contribution is -1.89. The van der Waals surface area contributed by atoms with Crippen LogP contribution in [0.25, 0.3) is 81.8 Å². The molecule has 0 saturated heterocycles. The smallest absolute Gasteiger partial charge is 0.0934 e. The zero-order valence-corrected chi connectivity index (χ0v) is 45.7. The predicted molar refractivity (Wildman–Crippen MR) is 274 cm³/mol. The van der Waals surface area contributed by atoms with Gasteiger partial charge in [-0.25, -0.2) is 9.97 Å². The minimum Gasteiger partial charge on any atom is -0.352 e. The Balaban J connectivity index is 1.62. The van der Waals surface area contributed by atoms with E-state index >= 15 is 0 Å². The van der Waals surface area contributed by atoms with Gasteiger partial charge in [0.15, 0.2) is 0 Å². The highest BCUT2D eigenvalue weighted by molar-refractivity contribution is 9.18. The SMILES string of the molecule is Clc1ccc(-c2c3nc(c(-c4ccc(Cl)s4)c4[nH]c(c(Br)c4Br)c(-c4ccc(Cl)s4)c4nc(c(-c5ccc(Cl)s5)c5[nH]c2c(Br)c5Br)C(Br)=C4Br)C(Br)=C3Br)s1. The van der Waals surface area contributed by atoms with Crippen LogP contribution < -0.4 is 0 Å². The Kier molecular flexibility index (Phi) is 12.1. The van der Waals surface area contributed by atoms with Crippen LogP contribution in [0, 0.1) is 0 Å². The summed E-state index contributed by atoms with van der Waals surface area (Å²) >= 11 is 64.1. The first-order valence-electron chi connectivity index (χ1n) is 15.4. The lowest BCUT2D eigenvalue weighted by atomic mass is 10.1. The molecule has 20 heteroatoms. The van der Waals surface area contributed by atoms with Crippen molar-refractivity contribution in [3.8, 4) is 41.8 Å². The Morgan fingerprint density at radius 3 is 0.750 bits per heavy atom. The van der Waals surface area contributed by atoms with E-state index in [9.17, 15) is 0 Å². The Morgan fingerprint density at radius 2 is 0.571 bits per heavy atom. The summed E-state index contributed by atoms with van der Waals surface area (Å²) in [5.41, 5.74) is 9.04. The van der Waals surface area contributed by atoms with Crippen molar-refractivity contribution >= 4 is 259 Å². The molecule has 7 aromatic heterocycles. The average Bonchev–Trinajstić information content (AvgIpc) is 4.06. The van der Waals surface area contributed by atoms with Gasteiger partial charge in [-0.1, -0.05) is 46.4 Å². The van der Waals surface area contributed by atoms with Gasteiger partial charge in [0.25, 0.3) is 0 Å². The van der Waals surface area contributed by atoms with Crippen LogP contribution in [0.5, 0.6) is 0 Å². The van der Waals surface area contributed by atoms with Gasteiger partial charge in [0.05, 0.1) is 98.0 Å². The zero-order valence-electron chi connectivity index (χ0n) is 26.7. The molecule has 9 rings (SSSR count). The van der Waals surface area contributed by atoms with Crippen molar-refractivity contribution in [2.24, 2.45) is 0 Å². The number of aromatic amines is 2. The second kappa shape index (κ2) is 16.3. The normalized spacial score (nSPS) is 13.2. The van der Waals surface area contributed by atoms with E-state index in [0.717, 1.165) is 99.6 Å². The summed E-state index contributed by atoms with van der Waals surface area (Å²) < 4.78 is 8.67. The van der Waals surface area contributed by atoms with Gasteiger partial charge in [-0.05, 0) is 176 Å². The first-order valence-corrected chi connectivity index (χ1v) is 26.6. The summed E-state index contributed by atoms with van der Waals surface area (Å²) in [6.45, 7) is 0. The molecule has 2 aliphatic heterocycles. The van der Waals surface area contributed by atoms with Crippen LogP contribution in [0.4, 0.5) is 0 Å². The molecule has 0 fully saturated rings. The highest BCUT2D eigenvalue weighted by atomic mass is 79.9. The van der Waals surface area contributed by atoms with E-state index in [1.54, 1.807) is 0 Å². The average molecular weight is 1410 g/mol. The standard InChI is InChI=1S/C36H10Br8Cl4N4S4/c37-21-23(39)31-18(10-2-6-14(46)54-10)33-25(41)27(43)35(51-33)20(12-4-8-16(48)56-12)36-28(44)26(42)34(52-36)19(11-3-7-15(47)55-11)32-24(40)22(38)30(50-32)17(29(21)49-31)9-1-5-13(45)53-9/h1-8,49,52H. The molecule has 0 radical (unpaired) electrons. The van der Waals surface area contributed by atoms with Gasteiger partial charge in [-0.15, -0.1) is 45.3 Å². The number of rotatable bonds is 4. The number of hydrogen-bond acceptors (Lipinski definition) is 6. The number of aromatic nitrogens is 4. The molecule has 0 spiro atoms. The van der Waals surface area contributed by atoms with Gasteiger partial charge in [0.2, 0.25) is 0 Å². The maximum absolute atomic E-state index is 6.64. The van der Waals surface area contributed by atoms with E-state index in [1.807, 2.05) is 48.5 Å². The minimum absolute atomic E-state index is 0.638. The molecular formula is C36H10Br8Cl4N4S4. The van der Waals surface area contributed by atoms with Crippen LogP contribution in [0.15, 0.2) is 66.4 Å². The van der Waals surface area contributed by atoms with Crippen LogP contribution in [0.2, 0.25) is 17.3 Å². The topological polar surface area (TPSA) is 57.4 Å². The monoisotopic (exact) mass is 1400 g/mol. The van der Waals surface area contributed by atoms with E-state index in [2.05, 4.69) is 137 Å². The van der Waals surface area contributed by atoms with E-state index in [-0.39, 0.29) is 0 Å². The number of fused-ring (bicyclic) bond motifs is 8. The summed E-state index contributed by atoms with van der Waals surface area (Å²) in [6, 6.07) is 15.6. The van der Waals surface area contributed by atoms with Crippen molar-refractivity contribution in [1.82, 2.24) is 19.9 Å². The molecule has 0 aliphatic carbocycles. The van der Waals surface area contributed by atoms with Crippen molar-refractivity contribution < 1.29 is 0 Å². The largest absolute Gasteiger partial charge is 0.352 e. The summed E-state index contributed by atoms with van der Waals surface area (Å²) in [4.78, 5) is 22.1. The molecule has 8 bridgehead atoms. The second-order valence-corrected chi connectivity index (χ2v) is 25.0. The van der Waals surface area contributed by atoms with Gasteiger partial charge in [0, 0.05) is 41.8 Å². The molecule has 0 aromatic carbocycles. The van der Waals surface area contributed by atoms with Crippen LogP contribution in [-0.4, -0.2) is 19.9 Å². The van der Waals surface area contributed by atoms with E-state index in [0.29, 0.717) is 40.1 Å².